The molecule has 1 atom stereocenters. The fourth-order valence-electron chi connectivity index (χ4n) is 2.31. The molecule has 1 amide bonds. The highest BCUT2D eigenvalue weighted by atomic mass is 79.9. The number of amides is 1. The monoisotopic (exact) mass is 355 g/mol. The Morgan fingerprint density at radius 2 is 2.38 bits per heavy atom. The number of carbonyl (C=O) groups is 1. The number of aromatic nitrogens is 1. The molecule has 1 aliphatic heterocycles. The summed E-state index contributed by atoms with van der Waals surface area (Å²) in [5.74, 6) is 0.675. The van der Waals surface area contributed by atoms with Crippen molar-refractivity contribution in [1.29, 1.82) is 0 Å². The smallest absolute Gasteiger partial charge is 0.257 e. The molecule has 1 aromatic heterocycles. The number of ether oxygens (including phenoxy) is 1. The van der Waals surface area contributed by atoms with Crippen LogP contribution in [0.4, 0.5) is 5.82 Å². The van der Waals surface area contributed by atoms with E-state index < -0.39 is 0 Å². The number of hydrogen-bond donors (Lipinski definition) is 1. The molecule has 2 heterocycles. The molecule has 5 nitrogen and oxygen atoms in total. The molecule has 1 unspecified atom stereocenters. The van der Waals surface area contributed by atoms with Crippen LogP contribution in [0.3, 0.4) is 0 Å². The zero-order valence-electron chi connectivity index (χ0n) is 12.6. The summed E-state index contributed by atoms with van der Waals surface area (Å²) >= 11 is 3.40. The number of nitrogens with one attached hydrogen (secondary N) is 1. The maximum atomic E-state index is 12.8. The minimum atomic E-state index is 0.0177. The Labute approximate surface area is 134 Å². The van der Waals surface area contributed by atoms with Crippen LogP contribution in [-0.2, 0) is 4.74 Å². The Balaban J connectivity index is 2.18. The highest BCUT2D eigenvalue weighted by Gasteiger charge is 2.26. The summed E-state index contributed by atoms with van der Waals surface area (Å²) < 4.78 is 6.44. The van der Waals surface area contributed by atoms with Crippen molar-refractivity contribution in [2.75, 3.05) is 31.6 Å². The molecule has 1 fully saturated rings. The lowest BCUT2D eigenvalue weighted by Crippen LogP contribution is -2.45. The minimum absolute atomic E-state index is 0.0177. The molecule has 0 bridgehead atoms. The van der Waals surface area contributed by atoms with Crippen LogP contribution in [-0.4, -0.2) is 48.1 Å². The summed E-state index contributed by atoms with van der Waals surface area (Å²) in [6, 6.07) is 1.84. The number of rotatable bonds is 5. The molecule has 2 rings (SSSR count). The molecule has 0 aromatic carbocycles. The summed E-state index contributed by atoms with van der Waals surface area (Å²) in [5, 5.41) is 3.22. The van der Waals surface area contributed by atoms with Gasteiger partial charge in [-0.15, -0.1) is 0 Å². The van der Waals surface area contributed by atoms with Gasteiger partial charge in [0, 0.05) is 30.3 Å². The van der Waals surface area contributed by atoms with E-state index in [1.165, 1.54) is 0 Å². The molecule has 0 aliphatic carbocycles. The Kier molecular flexibility index (Phi) is 5.99. The maximum Gasteiger partial charge on any atom is 0.257 e. The normalized spacial score (nSPS) is 18.6. The minimum Gasteiger partial charge on any atom is -0.375 e. The third-order valence-corrected chi connectivity index (χ3v) is 3.94. The number of morpholine rings is 1. The van der Waals surface area contributed by atoms with Crippen molar-refractivity contribution >= 4 is 27.7 Å². The first kappa shape index (κ1) is 16.2. The summed E-state index contributed by atoms with van der Waals surface area (Å²) in [5.41, 5.74) is 0.620. The average molecular weight is 356 g/mol. The van der Waals surface area contributed by atoms with Gasteiger partial charge >= 0.3 is 0 Å². The number of carbonyl (C=O) groups excluding carboxylic acids is 1. The van der Waals surface area contributed by atoms with Gasteiger partial charge in [0.25, 0.3) is 5.91 Å². The fraction of sp³-hybridized carbons (Fsp3) is 0.600. The number of halogens is 1. The second kappa shape index (κ2) is 7.75. The van der Waals surface area contributed by atoms with Crippen LogP contribution in [0.1, 0.15) is 37.0 Å². The van der Waals surface area contributed by atoms with Crippen LogP contribution in [0.25, 0.3) is 0 Å². The molecular formula is C15H22BrN3O2. The number of nitrogens with zero attached hydrogens (tertiary/aromatic N) is 2. The van der Waals surface area contributed by atoms with Gasteiger partial charge in [-0.25, -0.2) is 4.98 Å². The highest BCUT2D eigenvalue weighted by molar-refractivity contribution is 9.10. The molecular weight excluding hydrogens is 334 g/mol. The predicted molar refractivity (Wildman–Crippen MR) is 86.7 cm³/mol. The lowest BCUT2D eigenvalue weighted by molar-refractivity contribution is -0.0226. The van der Waals surface area contributed by atoms with Crippen molar-refractivity contribution < 1.29 is 9.53 Å². The molecule has 1 aliphatic rings. The number of hydrogen-bond acceptors (Lipinski definition) is 4. The van der Waals surface area contributed by atoms with Crippen LogP contribution in [0.5, 0.6) is 0 Å². The van der Waals surface area contributed by atoms with Crippen LogP contribution in [0.15, 0.2) is 16.7 Å². The van der Waals surface area contributed by atoms with Crippen molar-refractivity contribution in [3.63, 3.8) is 0 Å². The third-order valence-electron chi connectivity index (χ3n) is 3.51. The SMILES string of the molecule is CCCNc1ncc(Br)cc1C(=O)N1CCOC(CC)C1. The highest BCUT2D eigenvalue weighted by Crippen LogP contribution is 2.21. The fourth-order valence-corrected chi connectivity index (χ4v) is 2.64. The van der Waals surface area contributed by atoms with Gasteiger partial charge in [-0.05, 0) is 34.8 Å². The Morgan fingerprint density at radius 1 is 1.57 bits per heavy atom. The van der Waals surface area contributed by atoms with E-state index in [2.05, 4.69) is 40.1 Å². The number of pyridine rings is 1. The second-order valence-electron chi connectivity index (χ2n) is 5.13. The molecule has 21 heavy (non-hydrogen) atoms. The van der Waals surface area contributed by atoms with Crippen molar-refractivity contribution in [1.82, 2.24) is 9.88 Å². The van der Waals surface area contributed by atoms with Gasteiger partial charge in [0.15, 0.2) is 0 Å². The first-order valence-electron chi connectivity index (χ1n) is 7.46. The Bertz CT molecular complexity index is 496. The first-order chi connectivity index (χ1) is 10.2. The second-order valence-corrected chi connectivity index (χ2v) is 6.04. The van der Waals surface area contributed by atoms with Crippen molar-refractivity contribution in [2.45, 2.75) is 32.8 Å². The molecule has 6 heteroatoms. The lowest BCUT2D eigenvalue weighted by Gasteiger charge is -2.32. The van der Waals surface area contributed by atoms with E-state index in [1.807, 2.05) is 11.0 Å². The largest absolute Gasteiger partial charge is 0.375 e. The van der Waals surface area contributed by atoms with Gasteiger partial charge < -0.3 is 15.0 Å². The average Bonchev–Trinajstić information content (AvgIpc) is 2.53. The van der Waals surface area contributed by atoms with Crippen LogP contribution in [0, 0.1) is 0 Å². The molecule has 0 spiro atoms. The van der Waals surface area contributed by atoms with Crippen molar-refractivity contribution in [3.05, 3.63) is 22.3 Å². The third kappa shape index (κ3) is 4.17. The Hall–Kier alpha value is -1.14. The zero-order valence-corrected chi connectivity index (χ0v) is 14.1. The zero-order chi connectivity index (χ0) is 15.2. The molecule has 1 N–H and O–H groups in total. The first-order valence-corrected chi connectivity index (χ1v) is 8.25. The topological polar surface area (TPSA) is 54.5 Å². The van der Waals surface area contributed by atoms with Gasteiger partial charge in [0.1, 0.15) is 5.82 Å². The summed E-state index contributed by atoms with van der Waals surface area (Å²) in [7, 11) is 0. The van der Waals surface area contributed by atoms with Gasteiger partial charge in [0.2, 0.25) is 0 Å². The predicted octanol–water partition coefficient (Wildman–Crippen LogP) is 2.92. The van der Waals surface area contributed by atoms with Gasteiger partial charge in [-0.2, -0.15) is 0 Å². The van der Waals surface area contributed by atoms with E-state index in [1.54, 1.807) is 6.20 Å². The van der Waals surface area contributed by atoms with E-state index in [-0.39, 0.29) is 12.0 Å². The molecule has 116 valence electrons. The van der Waals surface area contributed by atoms with Crippen LogP contribution < -0.4 is 5.32 Å². The summed E-state index contributed by atoms with van der Waals surface area (Å²) in [6.07, 6.45) is 3.75. The Morgan fingerprint density at radius 3 is 3.10 bits per heavy atom. The standard InChI is InChI=1S/C15H22BrN3O2/c1-3-5-17-14-13(8-11(16)9-18-14)15(20)19-6-7-21-12(4-2)10-19/h8-9,12H,3-7,10H2,1-2H3,(H,17,18). The summed E-state index contributed by atoms with van der Waals surface area (Å²) in [4.78, 5) is 19.0. The molecule has 0 saturated carbocycles. The van der Waals surface area contributed by atoms with E-state index in [0.29, 0.717) is 31.1 Å². The molecule has 1 aromatic rings. The van der Waals surface area contributed by atoms with E-state index in [4.69, 9.17) is 4.74 Å². The molecule has 0 radical (unpaired) electrons. The maximum absolute atomic E-state index is 12.8. The number of anilines is 1. The molecule has 1 saturated heterocycles. The van der Waals surface area contributed by atoms with Crippen molar-refractivity contribution in [3.8, 4) is 0 Å². The summed E-state index contributed by atoms with van der Waals surface area (Å²) in [6.45, 7) is 6.85. The van der Waals surface area contributed by atoms with Crippen molar-refractivity contribution in [2.24, 2.45) is 0 Å². The lowest BCUT2D eigenvalue weighted by atomic mass is 10.1. The van der Waals surface area contributed by atoms with E-state index >= 15 is 0 Å². The van der Waals surface area contributed by atoms with E-state index in [9.17, 15) is 4.79 Å². The van der Waals surface area contributed by atoms with Gasteiger partial charge in [0.05, 0.1) is 18.3 Å². The van der Waals surface area contributed by atoms with Gasteiger partial charge in [-0.3, -0.25) is 4.79 Å². The van der Waals surface area contributed by atoms with Gasteiger partial charge in [-0.1, -0.05) is 13.8 Å². The quantitative estimate of drug-likeness (QED) is 0.882. The van der Waals surface area contributed by atoms with Crippen LogP contribution in [0.2, 0.25) is 0 Å². The van der Waals surface area contributed by atoms with Crippen LogP contribution >= 0.6 is 15.9 Å². The van der Waals surface area contributed by atoms with E-state index in [0.717, 1.165) is 23.9 Å².